The molecule has 0 aromatic carbocycles. The number of nitrogens with zero attached hydrogens (tertiary/aromatic N) is 5. The molecule has 8 nitrogen and oxygen atoms in total. The Morgan fingerprint density at radius 2 is 1.89 bits per heavy atom. The summed E-state index contributed by atoms with van der Waals surface area (Å²) in [5.74, 6) is -2.25. The topological polar surface area (TPSA) is 93.3 Å². The van der Waals surface area contributed by atoms with Gasteiger partial charge in [-0.3, -0.25) is 14.5 Å². The van der Waals surface area contributed by atoms with E-state index in [2.05, 4.69) is 41.9 Å². The van der Waals surface area contributed by atoms with Crippen molar-refractivity contribution < 1.29 is 27.9 Å². The van der Waals surface area contributed by atoms with E-state index in [1.165, 1.54) is 5.69 Å². The molecule has 3 aromatic heterocycles. The zero-order valence-corrected chi connectivity index (χ0v) is 19.4. The average molecular weight is 489 g/mol. The number of carbonyl (C=O) groups is 2. The fourth-order valence-electron chi connectivity index (χ4n) is 4.08. The molecule has 1 aliphatic carbocycles. The van der Waals surface area contributed by atoms with Crippen LogP contribution in [-0.4, -0.2) is 47.4 Å². The van der Waals surface area contributed by atoms with Crippen LogP contribution >= 0.6 is 0 Å². The van der Waals surface area contributed by atoms with Crippen molar-refractivity contribution in [3.63, 3.8) is 0 Å². The van der Waals surface area contributed by atoms with E-state index in [9.17, 15) is 18.0 Å². The van der Waals surface area contributed by atoms with Gasteiger partial charge in [0.2, 0.25) is 5.91 Å². The van der Waals surface area contributed by atoms with Crippen molar-refractivity contribution in [2.75, 3.05) is 0 Å². The van der Waals surface area contributed by atoms with E-state index in [0.29, 0.717) is 25.7 Å². The second-order valence-corrected chi connectivity index (χ2v) is 8.97. The Labute approximate surface area is 200 Å². The number of fused-ring (bicyclic) bond motifs is 3. The third-order valence-corrected chi connectivity index (χ3v) is 5.91. The summed E-state index contributed by atoms with van der Waals surface area (Å²) in [4.78, 5) is 28.2. The van der Waals surface area contributed by atoms with Crippen LogP contribution in [0.4, 0.5) is 13.2 Å². The first kappa shape index (κ1) is 24.5. The molecule has 0 saturated heterocycles. The molecule has 0 unspecified atom stereocenters. The van der Waals surface area contributed by atoms with Crippen LogP contribution in [0.15, 0.2) is 42.9 Å². The van der Waals surface area contributed by atoms with Crippen LogP contribution in [0.3, 0.4) is 0 Å². The summed E-state index contributed by atoms with van der Waals surface area (Å²) in [7, 11) is 0. The summed E-state index contributed by atoms with van der Waals surface area (Å²) >= 11 is 0. The first-order valence-corrected chi connectivity index (χ1v) is 11.3. The first-order chi connectivity index (χ1) is 16.5. The Bertz CT molecular complexity index is 1210. The summed E-state index contributed by atoms with van der Waals surface area (Å²) in [5.41, 5.74) is 5.42. The lowest BCUT2D eigenvalue weighted by atomic mass is 10.1. The summed E-state index contributed by atoms with van der Waals surface area (Å²) < 4.78 is 36.0. The molecule has 5 rings (SSSR count). The second-order valence-electron chi connectivity index (χ2n) is 8.97. The zero-order chi connectivity index (χ0) is 25.3. The lowest BCUT2D eigenvalue weighted by Crippen LogP contribution is -2.31. The van der Waals surface area contributed by atoms with Gasteiger partial charge in [-0.05, 0) is 44.9 Å². The van der Waals surface area contributed by atoms with Gasteiger partial charge in [-0.2, -0.15) is 18.3 Å². The number of carboxylic acids is 1. The highest BCUT2D eigenvalue weighted by molar-refractivity contribution is 5.82. The van der Waals surface area contributed by atoms with Crippen molar-refractivity contribution >= 4 is 11.9 Å². The van der Waals surface area contributed by atoms with Crippen LogP contribution in [0.1, 0.15) is 49.7 Å². The predicted octanol–water partition coefficient (Wildman–Crippen LogP) is 4.26. The van der Waals surface area contributed by atoms with E-state index in [0.717, 1.165) is 35.4 Å². The SMILES string of the molecule is CC(C)n1ccc2c1CN(C(=O)C1CC1)Cc1cn(Cc3ccccn3)nc1-2.O=C(O)C(F)(F)F. The van der Waals surface area contributed by atoms with Gasteiger partial charge in [-0.25, -0.2) is 4.79 Å². The number of aliphatic carboxylic acids is 1. The summed E-state index contributed by atoms with van der Waals surface area (Å²) in [6.07, 6.45) is 2.99. The number of aromatic nitrogens is 4. The molecular formula is C24H26F3N5O3. The second kappa shape index (κ2) is 9.55. The van der Waals surface area contributed by atoms with Gasteiger partial charge in [0.25, 0.3) is 0 Å². The summed E-state index contributed by atoms with van der Waals surface area (Å²) in [6.45, 7) is 6.27. The molecule has 1 aliphatic heterocycles. The highest BCUT2D eigenvalue weighted by atomic mass is 19.4. The molecule has 11 heteroatoms. The monoisotopic (exact) mass is 489 g/mol. The fraction of sp³-hybridized carbons (Fsp3) is 0.417. The van der Waals surface area contributed by atoms with Crippen LogP contribution in [0.25, 0.3) is 11.3 Å². The molecule has 1 saturated carbocycles. The molecule has 3 aromatic rings. The van der Waals surface area contributed by atoms with Crippen molar-refractivity contribution in [1.29, 1.82) is 0 Å². The maximum atomic E-state index is 12.9. The number of pyridine rings is 1. The quantitative estimate of drug-likeness (QED) is 0.591. The number of hydrogen-bond donors (Lipinski definition) is 1. The van der Waals surface area contributed by atoms with Crippen LogP contribution in [0.5, 0.6) is 0 Å². The van der Waals surface area contributed by atoms with Crippen molar-refractivity contribution in [2.45, 2.75) is 58.5 Å². The van der Waals surface area contributed by atoms with Gasteiger partial charge < -0.3 is 14.6 Å². The number of amides is 1. The Morgan fingerprint density at radius 1 is 1.17 bits per heavy atom. The summed E-state index contributed by atoms with van der Waals surface area (Å²) in [5, 5.41) is 12.0. The molecule has 186 valence electrons. The molecule has 0 radical (unpaired) electrons. The van der Waals surface area contributed by atoms with Crippen molar-refractivity contribution in [3.8, 4) is 11.3 Å². The normalized spacial score (nSPS) is 15.1. The van der Waals surface area contributed by atoms with Crippen molar-refractivity contribution in [3.05, 3.63) is 59.8 Å². The maximum Gasteiger partial charge on any atom is 0.490 e. The van der Waals surface area contributed by atoms with E-state index in [4.69, 9.17) is 15.0 Å². The van der Waals surface area contributed by atoms with Gasteiger partial charge in [0.15, 0.2) is 0 Å². The Balaban J connectivity index is 0.000000364. The fourth-order valence-corrected chi connectivity index (χ4v) is 4.08. The van der Waals surface area contributed by atoms with Crippen LogP contribution in [-0.2, 0) is 29.2 Å². The van der Waals surface area contributed by atoms with Gasteiger partial charge in [-0.15, -0.1) is 0 Å². The van der Waals surface area contributed by atoms with E-state index in [1.807, 2.05) is 27.8 Å². The van der Waals surface area contributed by atoms with E-state index in [-0.39, 0.29) is 11.8 Å². The molecule has 0 bridgehead atoms. The number of alkyl halides is 3. The minimum absolute atomic E-state index is 0.219. The molecule has 0 atom stereocenters. The van der Waals surface area contributed by atoms with Crippen molar-refractivity contribution in [2.24, 2.45) is 5.92 Å². The van der Waals surface area contributed by atoms with Crippen LogP contribution < -0.4 is 0 Å². The molecule has 0 spiro atoms. The standard InChI is InChI=1S/C22H25N5O.C2HF3O2/c1-15(2)27-10-8-19-20(27)14-25(22(28)16-6-7-16)11-17-12-26(24-21(17)19)13-18-5-3-4-9-23-18;3-2(4,5)1(6)7/h3-5,8-10,12,15-16H,6-7,11,13-14H2,1-2H3;(H,6,7). The first-order valence-electron chi connectivity index (χ1n) is 11.3. The lowest BCUT2D eigenvalue weighted by molar-refractivity contribution is -0.192. The number of carbonyl (C=O) groups excluding carboxylic acids is 1. The number of carboxylic acid groups (broad SMARTS) is 1. The maximum absolute atomic E-state index is 12.9. The van der Waals surface area contributed by atoms with Gasteiger partial charge >= 0.3 is 12.1 Å². The third kappa shape index (κ3) is 5.55. The Hall–Kier alpha value is -3.63. The van der Waals surface area contributed by atoms with E-state index >= 15 is 0 Å². The lowest BCUT2D eigenvalue weighted by Gasteiger charge is -2.23. The highest BCUT2D eigenvalue weighted by Gasteiger charge is 2.38. The number of rotatable bonds is 4. The number of hydrogen-bond acceptors (Lipinski definition) is 4. The smallest absolute Gasteiger partial charge is 0.475 e. The average Bonchev–Trinajstić information content (AvgIpc) is 3.48. The zero-order valence-electron chi connectivity index (χ0n) is 19.4. The molecule has 1 N–H and O–H groups in total. The van der Waals surface area contributed by atoms with Crippen molar-refractivity contribution in [1.82, 2.24) is 24.2 Å². The minimum Gasteiger partial charge on any atom is -0.475 e. The van der Waals surface area contributed by atoms with Gasteiger partial charge in [0.05, 0.1) is 24.5 Å². The minimum atomic E-state index is -5.08. The predicted molar refractivity (Wildman–Crippen MR) is 120 cm³/mol. The number of halogens is 3. The Kier molecular flexibility index (Phi) is 6.68. The Morgan fingerprint density at radius 3 is 2.46 bits per heavy atom. The molecule has 35 heavy (non-hydrogen) atoms. The highest BCUT2D eigenvalue weighted by Crippen LogP contribution is 2.37. The molecular weight excluding hydrogens is 463 g/mol. The molecule has 4 heterocycles. The third-order valence-electron chi connectivity index (χ3n) is 5.91. The largest absolute Gasteiger partial charge is 0.490 e. The molecule has 2 aliphatic rings. The van der Waals surface area contributed by atoms with E-state index < -0.39 is 12.1 Å². The van der Waals surface area contributed by atoms with Gasteiger partial charge in [0.1, 0.15) is 0 Å². The van der Waals surface area contributed by atoms with Crippen LogP contribution in [0, 0.1) is 5.92 Å². The van der Waals surface area contributed by atoms with Gasteiger partial charge in [-0.1, -0.05) is 6.07 Å². The molecule has 1 amide bonds. The summed E-state index contributed by atoms with van der Waals surface area (Å²) in [6, 6.07) is 8.42. The van der Waals surface area contributed by atoms with Crippen LogP contribution in [0.2, 0.25) is 0 Å². The van der Waals surface area contributed by atoms with Gasteiger partial charge in [0, 0.05) is 53.9 Å². The van der Waals surface area contributed by atoms with E-state index in [1.54, 1.807) is 6.20 Å². The molecule has 1 fully saturated rings.